The van der Waals surface area contributed by atoms with Crippen LogP contribution in [0.25, 0.3) is 0 Å². The molecule has 6 nitrogen and oxygen atoms in total. The first-order valence-corrected chi connectivity index (χ1v) is 5.74. The quantitative estimate of drug-likeness (QED) is 0.367. The van der Waals surface area contributed by atoms with Crippen LogP contribution in [0.5, 0.6) is 0 Å². The second-order valence-corrected chi connectivity index (χ2v) is 4.06. The third-order valence-electron chi connectivity index (χ3n) is 2.49. The van der Waals surface area contributed by atoms with Gasteiger partial charge in [-0.3, -0.25) is 24.6 Å². The fourth-order valence-electron chi connectivity index (χ4n) is 1.36. The predicted molar refractivity (Wildman–Crippen MR) is 75.0 cm³/mol. The van der Waals surface area contributed by atoms with Gasteiger partial charge in [-0.2, -0.15) is 31.5 Å². The molecule has 0 aliphatic heterocycles. The number of nitro benzene ring substituents is 2. The van der Waals surface area contributed by atoms with E-state index in [1.165, 1.54) is 18.2 Å². The molecule has 0 atom stereocenters. The van der Waals surface area contributed by atoms with Crippen LogP contribution in [0, 0.1) is 45.7 Å². The number of benzene rings is 2. The number of nitrogens with zero attached hydrogens (tertiary/aromatic N) is 2. The number of halogens is 2. The van der Waals surface area contributed by atoms with Gasteiger partial charge in [-0.25, -0.2) is 4.39 Å². The Morgan fingerprint density at radius 3 is 1.79 bits per heavy atom. The fraction of sp³-hybridized carbons (Fsp3) is 0. The van der Waals surface area contributed by atoms with Crippen molar-refractivity contribution in [3.8, 4) is 0 Å². The molecule has 2 aromatic rings. The zero-order valence-electron chi connectivity index (χ0n) is 12.3. The van der Waals surface area contributed by atoms with Gasteiger partial charge in [-0.05, 0) is 18.2 Å². The van der Waals surface area contributed by atoms with Gasteiger partial charge >= 0.3 is 0 Å². The SMILES string of the molecule is [CH2-]c1ccc(F)cc1[N+](=O)[O-].[CH2-]c1ccc([N+](=O)[O-])cc1F.[Y].[Y]. The van der Waals surface area contributed by atoms with Gasteiger partial charge in [0.2, 0.25) is 5.69 Å². The van der Waals surface area contributed by atoms with Crippen LogP contribution >= 0.6 is 0 Å². The summed E-state index contributed by atoms with van der Waals surface area (Å²) in [4.78, 5) is 18.9. The van der Waals surface area contributed by atoms with E-state index in [-0.39, 0.29) is 87.9 Å². The normalized spacial score (nSPS) is 8.75. The van der Waals surface area contributed by atoms with Crippen molar-refractivity contribution in [1.29, 1.82) is 0 Å². The maximum Gasteiger partial charge on any atom is 0.248 e. The molecule has 2 aromatic carbocycles. The van der Waals surface area contributed by atoms with Crippen LogP contribution in [0.1, 0.15) is 11.1 Å². The molecule has 10 heteroatoms. The molecule has 0 amide bonds. The molecular weight excluding hydrogens is 476 g/mol. The molecule has 0 unspecified atom stereocenters. The number of non-ortho nitro benzene ring substituents is 1. The topological polar surface area (TPSA) is 86.3 Å². The van der Waals surface area contributed by atoms with Crippen molar-refractivity contribution in [1.82, 2.24) is 0 Å². The summed E-state index contributed by atoms with van der Waals surface area (Å²) in [5, 5.41) is 20.3. The number of rotatable bonds is 2. The minimum atomic E-state index is -0.661. The molecule has 0 fully saturated rings. The van der Waals surface area contributed by atoms with E-state index in [0.717, 1.165) is 18.2 Å². The molecule has 0 N–H and O–H groups in total. The van der Waals surface area contributed by atoms with Gasteiger partial charge in [0, 0.05) is 76.2 Å². The van der Waals surface area contributed by atoms with Crippen LogP contribution in [0.2, 0.25) is 0 Å². The summed E-state index contributed by atoms with van der Waals surface area (Å²) < 4.78 is 24.9. The maximum atomic E-state index is 12.6. The van der Waals surface area contributed by atoms with Gasteiger partial charge in [0.15, 0.2) is 5.69 Å². The van der Waals surface area contributed by atoms with E-state index in [4.69, 9.17) is 0 Å². The zero-order valence-corrected chi connectivity index (χ0v) is 18.0. The van der Waals surface area contributed by atoms with Crippen LogP contribution in [0.15, 0.2) is 36.4 Å². The number of hydrogen-bond acceptors (Lipinski definition) is 4. The zero-order chi connectivity index (χ0) is 16.9. The van der Waals surface area contributed by atoms with Crippen molar-refractivity contribution in [2.75, 3.05) is 0 Å². The summed E-state index contributed by atoms with van der Waals surface area (Å²) >= 11 is 0. The first-order chi connectivity index (χ1) is 10.2. The Morgan fingerprint density at radius 2 is 1.38 bits per heavy atom. The molecule has 2 radical (unpaired) electrons. The Morgan fingerprint density at radius 1 is 0.833 bits per heavy atom. The summed E-state index contributed by atoms with van der Waals surface area (Å²) in [5.74, 6) is -1.27. The molecule has 0 heterocycles. The Labute approximate surface area is 187 Å². The summed E-state index contributed by atoms with van der Waals surface area (Å²) in [7, 11) is 0. The Bertz CT molecular complexity index is 730. The Kier molecular flexibility index (Phi) is 12.2. The molecule has 122 valence electrons. The van der Waals surface area contributed by atoms with Crippen LogP contribution in [0.4, 0.5) is 20.2 Å². The van der Waals surface area contributed by atoms with E-state index in [1.54, 1.807) is 0 Å². The van der Waals surface area contributed by atoms with Crippen molar-refractivity contribution in [2.24, 2.45) is 0 Å². The standard InChI is InChI=1S/2C7H5FNO2.2Y/c1-5-2-3-6(9(10)11)4-7(5)8;1-5-2-3-6(8)4-7(5)9(10)11;;/h2*2-4H,1H2;;/q2*-1;;. The van der Waals surface area contributed by atoms with Gasteiger partial charge in [0.25, 0.3) is 0 Å². The van der Waals surface area contributed by atoms with Crippen molar-refractivity contribution < 1.29 is 84.0 Å². The van der Waals surface area contributed by atoms with E-state index >= 15 is 0 Å². The maximum absolute atomic E-state index is 12.6. The molecule has 0 saturated heterocycles. The van der Waals surface area contributed by atoms with E-state index in [0.29, 0.717) is 0 Å². The minimum Gasteiger partial charge on any atom is -0.283 e. The average molecular weight is 486 g/mol. The van der Waals surface area contributed by atoms with E-state index in [2.05, 4.69) is 13.8 Å². The number of nitro groups is 2. The van der Waals surface area contributed by atoms with Gasteiger partial charge in [0.1, 0.15) is 5.82 Å². The van der Waals surface area contributed by atoms with Crippen LogP contribution in [0.3, 0.4) is 0 Å². The summed E-state index contributed by atoms with van der Waals surface area (Å²) in [6.45, 7) is 6.70. The second-order valence-electron chi connectivity index (χ2n) is 4.06. The molecule has 0 saturated carbocycles. The van der Waals surface area contributed by atoms with Crippen molar-refractivity contribution in [3.63, 3.8) is 0 Å². The van der Waals surface area contributed by atoms with Crippen molar-refractivity contribution >= 4 is 11.4 Å². The first kappa shape index (κ1) is 25.3. The number of hydrogen-bond donors (Lipinski definition) is 0. The predicted octanol–water partition coefficient (Wildman–Crippen LogP) is 3.83. The summed E-state index contributed by atoms with van der Waals surface area (Å²) in [6.07, 6.45) is 0. The molecule has 0 spiro atoms. The third-order valence-corrected chi connectivity index (χ3v) is 2.49. The van der Waals surface area contributed by atoms with Crippen LogP contribution in [-0.2, 0) is 65.4 Å². The van der Waals surface area contributed by atoms with Crippen molar-refractivity contribution in [2.45, 2.75) is 0 Å². The molecule has 0 aliphatic rings. The fourth-order valence-corrected chi connectivity index (χ4v) is 1.36. The van der Waals surface area contributed by atoms with Gasteiger partial charge < -0.3 is 0 Å². The van der Waals surface area contributed by atoms with Crippen molar-refractivity contribution in [3.05, 3.63) is 93.2 Å². The van der Waals surface area contributed by atoms with E-state index < -0.39 is 21.5 Å². The largest absolute Gasteiger partial charge is 0.283 e. The molecule has 0 aliphatic carbocycles. The Balaban J connectivity index is 0. The molecular formula is C14H10F2N2O4Y2-2. The smallest absolute Gasteiger partial charge is 0.248 e. The van der Waals surface area contributed by atoms with Gasteiger partial charge in [0.05, 0.1) is 4.92 Å². The van der Waals surface area contributed by atoms with Gasteiger partial charge in [-0.1, -0.05) is 6.07 Å². The van der Waals surface area contributed by atoms with Crippen LogP contribution < -0.4 is 0 Å². The first-order valence-electron chi connectivity index (χ1n) is 5.74. The Hall–Kier alpha value is -0.952. The van der Waals surface area contributed by atoms with Crippen LogP contribution in [-0.4, -0.2) is 9.85 Å². The van der Waals surface area contributed by atoms with E-state index in [1.807, 2.05) is 0 Å². The summed E-state index contributed by atoms with van der Waals surface area (Å²) in [5.41, 5.74) is -0.160. The molecule has 0 bridgehead atoms. The minimum absolute atomic E-state index is 0. The molecule has 0 aromatic heterocycles. The molecule has 2 rings (SSSR count). The third kappa shape index (κ3) is 7.75. The van der Waals surface area contributed by atoms with E-state index in [9.17, 15) is 29.0 Å². The average Bonchev–Trinajstić information content (AvgIpc) is 2.44. The van der Waals surface area contributed by atoms with Gasteiger partial charge in [-0.15, -0.1) is 5.56 Å². The summed E-state index contributed by atoms with van der Waals surface area (Å²) in [6, 6.07) is 6.59. The second kappa shape index (κ2) is 11.6. The monoisotopic (exact) mass is 486 g/mol. The molecule has 24 heavy (non-hydrogen) atoms.